The molecule has 0 aromatic heterocycles. The number of benzene rings is 6. The van der Waals surface area contributed by atoms with E-state index in [1.807, 2.05) is 0 Å². The second-order valence-electron chi connectivity index (χ2n) is 9.92. The molecule has 1 N–H and O–H groups in total. The molecule has 1 aliphatic rings. The number of fused-ring (bicyclic) bond motifs is 3. The predicted molar refractivity (Wildman–Crippen MR) is 156 cm³/mol. The Hall–Kier alpha value is -4.88. The van der Waals surface area contributed by atoms with Crippen molar-refractivity contribution < 1.29 is 5.11 Å². The first-order valence-corrected chi connectivity index (χ1v) is 13.0. The van der Waals surface area contributed by atoms with Gasteiger partial charge in [0.05, 0.1) is 5.41 Å². The fourth-order valence-corrected chi connectivity index (χ4v) is 6.13. The minimum absolute atomic E-state index is 0.270. The van der Waals surface area contributed by atoms with Crippen molar-refractivity contribution in [1.82, 2.24) is 0 Å². The number of hydrogen-bond acceptors (Lipinski definition) is 1. The molecule has 180 valence electrons. The van der Waals surface area contributed by atoms with Crippen LogP contribution in [-0.4, -0.2) is 5.11 Å². The molecule has 0 saturated heterocycles. The van der Waals surface area contributed by atoms with Crippen LogP contribution in [0.15, 0.2) is 152 Å². The molecular weight excluding hydrogens is 460 g/mol. The molecule has 6 aromatic carbocycles. The Balaban J connectivity index is 1.59. The molecule has 0 heterocycles. The highest BCUT2D eigenvalue weighted by Gasteiger charge is 2.46. The maximum absolute atomic E-state index is 10.2. The van der Waals surface area contributed by atoms with Gasteiger partial charge in [-0.05, 0) is 79.9 Å². The minimum Gasteiger partial charge on any atom is -0.508 e. The lowest BCUT2D eigenvalue weighted by molar-refractivity contribution is 0.475. The fourth-order valence-electron chi connectivity index (χ4n) is 6.13. The molecule has 0 saturated carbocycles. The maximum Gasteiger partial charge on any atom is 0.115 e. The Kier molecular flexibility index (Phi) is 5.23. The van der Waals surface area contributed by atoms with E-state index in [4.69, 9.17) is 0 Å². The van der Waals surface area contributed by atoms with Crippen molar-refractivity contribution in [2.75, 3.05) is 0 Å². The molecule has 7 rings (SSSR count). The highest BCUT2D eigenvalue weighted by Crippen LogP contribution is 2.57. The summed E-state index contributed by atoms with van der Waals surface area (Å²) in [4.78, 5) is 0. The van der Waals surface area contributed by atoms with Gasteiger partial charge in [-0.1, -0.05) is 127 Å². The van der Waals surface area contributed by atoms with Gasteiger partial charge in [0.15, 0.2) is 0 Å². The zero-order valence-electron chi connectivity index (χ0n) is 20.9. The molecule has 0 radical (unpaired) electrons. The van der Waals surface area contributed by atoms with Crippen LogP contribution in [0.1, 0.15) is 22.3 Å². The van der Waals surface area contributed by atoms with E-state index in [1.165, 1.54) is 50.1 Å². The van der Waals surface area contributed by atoms with Gasteiger partial charge in [0.1, 0.15) is 5.75 Å². The quantitative estimate of drug-likeness (QED) is 0.263. The molecule has 0 atom stereocenters. The van der Waals surface area contributed by atoms with Crippen LogP contribution in [0, 0.1) is 0 Å². The van der Waals surface area contributed by atoms with Gasteiger partial charge < -0.3 is 5.11 Å². The van der Waals surface area contributed by atoms with E-state index >= 15 is 0 Å². The van der Waals surface area contributed by atoms with Gasteiger partial charge in [-0.15, -0.1) is 0 Å². The van der Waals surface area contributed by atoms with Crippen molar-refractivity contribution in [1.29, 1.82) is 0 Å². The van der Waals surface area contributed by atoms with Crippen LogP contribution in [-0.2, 0) is 5.41 Å². The van der Waals surface area contributed by atoms with E-state index < -0.39 is 5.41 Å². The van der Waals surface area contributed by atoms with Crippen LogP contribution in [0.3, 0.4) is 0 Å². The standard InChI is InChI=1S/C37H26O/c38-32-20-18-31(19-21-32)37(30-14-8-3-9-15-30)35-24-28(26-10-4-1-5-11-26)16-22-33(35)34-23-17-29(25-36(34)37)27-12-6-2-7-13-27/h1-25,38H. The van der Waals surface area contributed by atoms with Crippen molar-refractivity contribution in [3.05, 3.63) is 174 Å². The lowest BCUT2D eigenvalue weighted by atomic mass is 9.67. The van der Waals surface area contributed by atoms with Crippen molar-refractivity contribution in [3.8, 4) is 39.1 Å². The third kappa shape index (κ3) is 3.40. The van der Waals surface area contributed by atoms with Gasteiger partial charge in [-0.25, -0.2) is 0 Å². The molecule has 0 spiro atoms. The van der Waals surface area contributed by atoms with Crippen LogP contribution < -0.4 is 0 Å². The summed E-state index contributed by atoms with van der Waals surface area (Å²) in [7, 11) is 0. The maximum atomic E-state index is 10.2. The largest absolute Gasteiger partial charge is 0.508 e. The molecule has 1 aliphatic carbocycles. The Morgan fingerprint density at radius 3 is 1.26 bits per heavy atom. The van der Waals surface area contributed by atoms with Crippen LogP contribution in [0.25, 0.3) is 33.4 Å². The Bertz CT molecular complexity index is 1650. The minimum atomic E-state index is -0.533. The molecule has 0 bridgehead atoms. The van der Waals surface area contributed by atoms with Crippen LogP contribution >= 0.6 is 0 Å². The highest BCUT2D eigenvalue weighted by atomic mass is 16.3. The second kappa shape index (κ2) is 8.90. The van der Waals surface area contributed by atoms with Gasteiger partial charge >= 0.3 is 0 Å². The zero-order valence-corrected chi connectivity index (χ0v) is 20.9. The van der Waals surface area contributed by atoms with E-state index in [1.54, 1.807) is 12.1 Å². The van der Waals surface area contributed by atoms with Gasteiger partial charge in [-0.2, -0.15) is 0 Å². The summed E-state index contributed by atoms with van der Waals surface area (Å²) < 4.78 is 0. The van der Waals surface area contributed by atoms with Crippen molar-refractivity contribution in [2.24, 2.45) is 0 Å². The highest BCUT2D eigenvalue weighted by molar-refractivity contribution is 5.90. The van der Waals surface area contributed by atoms with Crippen molar-refractivity contribution in [3.63, 3.8) is 0 Å². The topological polar surface area (TPSA) is 20.2 Å². The lowest BCUT2D eigenvalue weighted by Crippen LogP contribution is -2.28. The SMILES string of the molecule is Oc1ccc(C2(c3ccccc3)c3cc(-c4ccccc4)ccc3-c3ccc(-c4ccccc4)cc32)cc1. The average molecular weight is 487 g/mol. The van der Waals surface area contributed by atoms with E-state index in [-0.39, 0.29) is 5.75 Å². The van der Waals surface area contributed by atoms with Gasteiger partial charge in [0.25, 0.3) is 0 Å². The molecule has 0 unspecified atom stereocenters. The number of hydrogen-bond donors (Lipinski definition) is 1. The van der Waals surface area contributed by atoms with Crippen molar-refractivity contribution >= 4 is 0 Å². The molecule has 38 heavy (non-hydrogen) atoms. The summed E-state index contributed by atoms with van der Waals surface area (Å²) >= 11 is 0. The predicted octanol–water partition coefficient (Wildman–Crippen LogP) is 9.09. The number of aromatic hydroxyl groups is 1. The first-order chi connectivity index (χ1) is 18.7. The lowest BCUT2D eigenvalue weighted by Gasteiger charge is -2.34. The Morgan fingerprint density at radius 2 is 0.789 bits per heavy atom. The van der Waals surface area contributed by atoms with Crippen LogP contribution in [0.4, 0.5) is 0 Å². The summed E-state index contributed by atoms with van der Waals surface area (Å²) in [5.74, 6) is 0.270. The third-order valence-electron chi connectivity index (χ3n) is 7.86. The first kappa shape index (κ1) is 22.3. The fraction of sp³-hybridized carbons (Fsp3) is 0.0270. The van der Waals surface area contributed by atoms with Gasteiger partial charge in [0.2, 0.25) is 0 Å². The number of phenolic OH excluding ortho intramolecular Hbond substituents is 1. The summed E-state index contributed by atoms with van der Waals surface area (Å²) in [6.45, 7) is 0. The van der Waals surface area contributed by atoms with E-state index in [0.717, 1.165) is 5.56 Å². The van der Waals surface area contributed by atoms with Crippen LogP contribution in [0.5, 0.6) is 5.75 Å². The molecule has 0 fully saturated rings. The molecule has 6 aromatic rings. The van der Waals surface area contributed by atoms with E-state index in [9.17, 15) is 5.11 Å². The van der Waals surface area contributed by atoms with Crippen molar-refractivity contribution in [2.45, 2.75) is 5.41 Å². The zero-order chi connectivity index (χ0) is 25.5. The molecular formula is C37H26O. The Labute approximate surface area is 223 Å². The van der Waals surface area contributed by atoms with E-state index in [2.05, 4.69) is 140 Å². The third-order valence-corrected chi connectivity index (χ3v) is 7.86. The summed E-state index contributed by atoms with van der Waals surface area (Å²) in [6, 6.07) is 53.5. The van der Waals surface area contributed by atoms with Gasteiger partial charge in [-0.3, -0.25) is 0 Å². The normalized spacial score (nSPS) is 13.1. The van der Waals surface area contributed by atoms with E-state index in [0.29, 0.717) is 0 Å². The van der Waals surface area contributed by atoms with Crippen LogP contribution in [0.2, 0.25) is 0 Å². The summed E-state index contributed by atoms with van der Waals surface area (Å²) in [5.41, 5.74) is 11.6. The first-order valence-electron chi connectivity index (χ1n) is 13.0. The molecule has 1 nitrogen and oxygen atoms in total. The average Bonchev–Trinajstić information content (AvgIpc) is 3.29. The Morgan fingerprint density at radius 1 is 0.368 bits per heavy atom. The molecule has 0 amide bonds. The molecule has 1 heteroatoms. The second-order valence-corrected chi connectivity index (χ2v) is 9.92. The number of rotatable bonds is 4. The summed E-state index contributed by atoms with van der Waals surface area (Å²) in [5, 5.41) is 10.2. The smallest absolute Gasteiger partial charge is 0.115 e. The van der Waals surface area contributed by atoms with Gasteiger partial charge in [0, 0.05) is 0 Å². The molecule has 0 aliphatic heterocycles. The summed E-state index contributed by atoms with van der Waals surface area (Å²) in [6.07, 6.45) is 0. The number of phenols is 1. The monoisotopic (exact) mass is 486 g/mol.